The maximum Gasteiger partial charge on any atom is 0.0522 e. The largest absolute Gasteiger partial charge is 0.327 e. The second-order valence-corrected chi connectivity index (χ2v) is 5.63. The van der Waals surface area contributed by atoms with E-state index >= 15 is 0 Å². The minimum atomic E-state index is 0.276. The lowest BCUT2D eigenvalue weighted by Crippen LogP contribution is -2.21. The van der Waals surface area contributed by atoms with Crippen LogP contribution in [0.5, 0.6) is 0 Å². The van der Waals surface area contributed by atoms with Crippen LogP contribution in [0.4, 0.5) is 0 Å². The highest BCUT2D eigenvalue weighted by Crippen LogP contribution is 2.31. The zero-order chi connectivity index (χ0) is 12.3. The van der Waals surface area contributed by atoms with E-state index in [0.29, 0.717) is 6.04 Å². The maximum atomic E-state index is 5.98. The van der Waals surface area contributed by atoms with Gasteiger partial charge in [0.15, 0.2) is 0 Å². The van der Waals surface area contributed by atoms with Gasteiger partial charge in [0.2, 0.25) is 0 Å². The lowest BCUT2D eigenvalue weighted by molar-refractivity contribution is 0.266. The molecule has 2 N–H and O–H groups in total. The molecular weight excluding hydrogens is 210 g/mol. The lowest BCUT2D eigenvalue weighted by Gasteiger charge is -2.26. The van der Waals surface area contributed by atoms with Crippen molar-refractivity contribution in [2.75, 3.05) is 0 Å². The molecule has 0 aliphatic heterocycles. The predicted molar refractivity (Wildman–Crippen MR) is 70.9 cm³/mol. The standard InChI is InChI=1S/C14H25N3/c1-3-13(15)8-12-9-16-17(10-12)14-6-4-5-11(2)7-14/h9-11,13-14H,3-8,15H2,1-2H3. The summed E-state index contributed by atoms with van der Waals surface area (Å²) in [6, 6.07) is 0.892. The smallest absolute Gasteiger partial charge is 0.0522 e. The molecule has 3 atom stereocenters. The van der Waals surface area contributed by atoms with Gasteiger partial charge in [0.25, 0.3) is 0 Å². The van der Waals surface area contributed by atoms with Gasteiger partial charge < -0.3 is 5.73 Å². The van der Waals surface area contributed by atoms with Crippen LogP contribution in [0.3, 0.4) is 0 Å². The van der Waals surface area contributed by atoms with Gasteiger partial charge in [-0.1, -0.05) is 26.7 Å². The first-order valence-corrected chi connectivity index (χ1v) is 6.97. The number of hydrogen-bond donors (Lipinski definition) is 1. The molecule has 0 spiro atoms. The molecule has 3 heteroatoms. The first kappa shape index (κ1) is 12.6. The van der Waals surface area contributed by atoms with Crippen molar-refractivity contribution in [2.24, 2.45) is 11.7 Å². The average Bonchev–Trinajstić information content (AvgIpc) is 2.77. The molecule has 0 aromatic carbocycles. The number of hydrogen-bond acceptors (Lipinski definition) is 2. The molecule has 1 fully saturated rings. The van der Waals surface area contributed by atoms with Crippen LogP contribution in [0.2, 0.25) is 0 Å². The van der Waals surface area contributed by atoms with E-state index in [2.05, 4.69) is 29.8 Å². The van der Waals surface area contributed by atoms with Crippen molar-refractivity contribution in [2.45, 2.75) is 64.5 Å². The maximum absolute atomic E-state index is 5.98. The Hall–Kier alpha value is -0.830. The minimum absolute atomic E-state index is 0.276. The molecular formula is C14H25N3. The fraction of sp³-hybridized carbons (Fsp3) is 0.786. The van der Waals surface area contributed by atoms with Gasteiger partial charge in [0.1, 0.15) is 0 Å². The lowest BCUT2D eigenvalue weighted by atomic mass is 9.87. The third-order valence-corrected chi connectivity index (χ3v) is 3.96. The molecule has 3 unspecified atom stereocenters. The van der Waals surface area contributed by atoms with Crippen LogP contribution in [0, 0.1) is 5.92 Å². The average molecular weight is 235 g/mol. The predicted octanol–water partition coefficient (Wildman–Crippen LogP) is 2.91. The molecule has 1 saturated carbocycles. The van der Waals surface area contributed by atoms with Crippen LogP contribution in [0.15, 0.2) is 12.4 Å². The van der Waals surface area contributed by atoms with Gasteiger partial charge in [-0.3, -0.25) is 4.68 Å². The van der Waals surface area contributed by atoms with E-state index < -0.39 is 0 Å². The molecule has 1 aromatic heterocycles. The molecule has 1 heterocycles. The summed E-state index contributed by atoms with van der Waals surface area (Å²) in [6.07, 6.45) is 11.5. The summed E-state index contributed by atoms with van der Waals surface area (Å²) >= 11 is 0. The zero-order valence-electron chi connectivity index (χ0n) is 11.1. The first-order chi connectivity index (χ1) is 8.19. The summed E-state index contributed by atoms with van der Waals surface area (Å²) in [5.41, 5.74) is 7.27. The Bertz CT molecular complexity index is 345. The van der Waals surface area contributed by atoms with Crippen LogP contribution in [0.1, 0.15) is 57.6 Å². The van der Waals surface area contributed by atoms with Gasteiger partial charge in [-0.15, -0.1) is 0 Å². The van der Waals surface area contributed by atoms with E-state index in [0.717, 1.165) is 18.8 Å². The Morgan fingerprint density at radius 2 is 2.35 bits per heavy atom. The number of nitrogens with zero attached hydrogens (tertiary/aromatic N) is 2. The van der Waals surface area contributed by atoms with Crippen molar-refractivity contribution in [3.63, 3.8) is 0 Å². The Balaban J connectivity index is 1.97. The molecule has 1 aliphatic rings. The molecule has 1 aliphatic carbocycles. The van der Waals surface area contributed by atoms with E-state index in [9.17, 15) is 0 Å². The Morgan fingerprint density at radius 1 is 1.53 bits per heavy atom. The zero-order valence-corrected chi connectivity index (χ0v) is 11.1. The number of aromatic nitrogens is 2. The van der Waals surface area contributed by atoms with Crippen molar-refractivity contribution in [1.29, 1.82) is 0 Å². The molecule has 1 aromatic rings. The monoisotopic (exact) mass is 235 g/mol. The Kier molecular flexibility index (Phi) is 4.21. The van der Waals surface area contributed by atoms with Crippen molar-refractivity contribution in [3.05, 3.63) is 18.0 Å². The van der Waals surface area contributed by atoms with Gasteiger partial charge >= 0.3 is 0 Å². The summed E-state index contributed by atoms with van der Waals surface area (Å²) in [7, 11) is 0. The third-order valence-electron chi connectivity index (χ3n) is 3.96. The second-order valence-electron chi connectivity index (χ2n) is 5.63. The van der Waals surface area contributed by atoms with E-state index in [-0.39, 0.29) is 6.04 Å². The van der Waals surface area contributed by atoms with Crippen LogP contribution in [0.25, 0.3) is 0 Å². The molecule has 2 rings (SSSR count). The van der Waals surface area contributed by atoms with Crippen molar-refractivity contribution >= 4 is 0 Å². The van der Waals surface area contributed by atoms with Gasteiger partial charge in [-0.25, -0.2) is 0 Å². The number of nitrogens with two attached hydrogens (primary N) is 1. The summed E-state index contributed by atoms with van der Waals surface area (Å²) in [5, 5.41) is 4.52. The third kappa shape index (κ3) is 3.32. The van der Waals surface area contributed by atoms with E-state index in [1.165, 1.54) is 31.2 Å². The molecule has 0 saturated heterocycles. The van der Waals surface area contributed by atoms with Crippen LogP contribution >= 0.6 is 0 Å². The Morgan fingerprint density at radius 3 is 3.06 bits per heavy atom. The van der Waals surface area contributed by atoms with Gasteiger partial charge in [-0.05, 0) is 37.2 Å². The summed E-state index contributed by atoms with van der Waals surface area (Å²) < 4.78 is 2.17. The van der Waals surface area contributed by atoms with Crippen LogP contribution < -0.4 is 5.73 Å². The van der Waals surface area contributed by atoms with Crippen LogP contribution in [-0.2, 0) is 6.42 Å². The summed E-state index contributed by atoms with van der Waals surface area (Å²) in [6.45, 7) is 4.49. The van der Waals surface area contributed by atoms with Gasteiger partial charge in [-0.2, -0.15) is 5.10 Å². The fourth-order valence-electron chi connectivity index (χ4n) is 2.77. The SMILES string of the molecule is CCC(N)Cc1cnn(C2CCCC(C)C2)c1. The molecule has 0 bridgehead atoms. The molecule has 96 valence electrons. The quantitative estimate of drug-likeness (QED) is 0.872. The van der Waals surface area contributed by atoms with E-state index in [1.807, 2.05) is 6.20 Å². The van der Waals surface area contributed by atoms with Crippen LogP contribution in [-0.4, -0.2) is 15.8 Å². The highest BCUT2D eigenvalue weighted by Gasteiger charge is 2.20. The fourth-order valence-corrected chi connectivity index (χ4v) is 2.77. The highest BCUT2D eigenvalue weighted by molar-refractivity contribution is 5.06. The molecule has 17 heavy (non-hydrogen) atoms. The minimum Gasteiger partial charge on any atom is -0.327 e. The van der Waals surface area contributed by atoms with E-state index in [4.69, 9.17) is 5.73 Å². The summed E-state index contributed by atoms with van der Waals surface area (Å²) in [5.74, 6) is 0.847. The normalized spacial score (nSPS) is 27.0. The Labute approximate surface area is 104 Å². The molecule has 3 nitrogen and oxygen atoms in total. The van der Waals surface area contributed by atoms with Gasteiger partial charge in [0.05, 0.1) is 12.2 Å². The number of rotatable bonds is 4. The summed E-state index contributed by atoms with van der Waals surface area (Å²) in [4.78, 5) is 0. The first-order valence-electron chi connectivity index (χ1n) is 6.97. The van der Waals surface area contributed by atoms with Crippen molar-refractivity contribution < 1.29 is 0 Å². The van der Waals surface area contributed by atoms with E-state index in [1.54, 1.807) is 0 Å². The topological polar surface area (TPSA) is 43.8 Å². The highest BCUT2D eigenvalue weighted by atomic mass is 15.3. The van der Waals surface area contributed by atoms with Crippen molar-refractivity contribution in [3.8, 4) is 0 Å². The molecule has 0 radical (unpaired) electrons. The van der Waals surface area contributed by atoms with Crippen molar-refractivity contribution in [1.82, 2.24) is 9.78 Å². The second kappa shape index (κ2) is 5.67. The molecule has 0 amide bonds. The van der Waals surface area contributed by atoms with Gasteiger partial charge in [0, 0.05) is 12.2 Å².